The molecule has 0 unspecified atom stereocenters. The van der Waals surface area contributed by atoms with Crippen LogP contribution >= 0.6 is 0 Å². The highest BCUT2D eigenvalue weighted by atomic mass is 16.5. The van der Waals surface area contributed by atoms with Crippen LogP contribution in [0.15, 0.2) is 18.2 Å². The molecular weight excluding hydrogens is 194 g/mol. The Kier molecular flexibility index (Phi) is 3.94. The molecule has 0 spiro atoms. The van der Waals surface area contributed by atoms with Crippen LogP contribution in [0.1, 0.15) is 18.5 Å². The van der Waals surface area contributed by atoms with Crippen LogP contribution in [-0.4, -0.2) is 25.4 Å². The van der Waals surface area contributed by atoms with Crippen LogP contribution in [0.4, 0.5) is 0 Å². The van der Waals surface area contributed by atoms with Gasteiger partial charge >= 0.3 is 0 Å². The lowest BCUT2D eigenvalue weighted by Crippen LogP contribution is -2.23. The molecule has 4 heteroatoms. The summed E-state index contributed by atoms with van der Waals surface area (Å²) in [5.41, 5.74) is 6.62. The number of aliphatic hydroxyl groups is 1. The van der Waals surface area contributed by atoms with E-state index in [1.807, 2.05) is 0 Å². The summed E-state index contributed by atoms with van der Waals surface area (Å²) in [6.07, 6.45) is -0.609. The number of methoxy groups -OCH3 is 2. The van der Waals surface area contributed by atoms with Gasteiger partial charge in [0.15, 0.2) is 0 Å². The fourth-order valence-electron chi connectivity index (χ4n) is 1.30. The summed E-state index contributed by atoms with van der Waals surface area (Å²) in [5.74, 6) is 1.33. The summed E-state index contributed by atoms with van der Waals surface area (Å²) in [7, 11) is 3.15. The van der Waals surface area contributed by atoms with Gasteiger partial charge in [-0.1, -0.05) is 0 Å². The Hall–Kier alpha value is -1.26. The monoisotopic (exact) mass is 211 g/mol. The molecule has 4 nitrogen and oxygen atoms in total. The number of rotatable bonds is 4. The van der Waals surface area contributed by atoms with E-state index in [9.17, 15) is 5.11 Å². The fourth-order valence-corrected chi connectivity index (χ4v) is 1.30. The Labute approximate surface area is 89.6 Å². The summed E-state index contributed by atoms with van der Waals surface area (Å²) in [6.45, 7) is 1.65. The van der Waals surface area contributed by atoms with Crippen molar-refractivity contribution in [3.63, 3.8) is 0 Å². The second-order valence-electron chi connectivity index (χ2n) is 3.41. The van der Waals surface area contributed by atoms with E-state index >= 15 is 0 Å². The van der Waals surface area contributed by atoms with Gasteiger partial charge in [0.25, 0.3) is 0 Å². The van der Waals surface area contributed by atoms with Crippen molar-refractivity contribution < 1.29 is 14.6 Å². The van der Waals surface area contributed by atoms with Crippen LogP contribution in [0.25, 0.3) is 0 Å². The van der Waals surface area contributed by atoms with Crippen LogP contribution in [0.5, 0.6) is 11.5 Å². The molecule has 0 aliphatic rings. The maximum Gasteiger partial charge on any atom is 0.122 e. The Morgan fingerprint density at radius 2 is 1.60 bits per heavy atom. The predicted octanol–water partition coefficient (Wildman–Crippen LogP) is 1.08. The molecule has 2 atom stereocenters. The number of nitrogens with two attached hydrogens (primary N) is 1. The highest BCUT2D eigenvalue weighted by Gasteiger charge is 2.14. The molecule has 1 aromatic carbocycles. The standard InChI is InChI=1S/C11H17NO3/c1-7(13)11(12)8-4-9(14-2)6-10(5-8)15-3/h4-7,11,13H,12H2,1-3H3/t7-,11+/m0/s1. The van der Waals surface area contributed by atoms with Crippen molar-refractivity contribution in [2.24, 2.45) is 5.73 Å². The summed E-state index contributed by atoms with van der Waals surface area (Å²) >= 11 is 0. The van der Waals surface area contributed by atoms with Crippen molar-refractivity contribution in [1.29, 1.82) is 0 Å². The third-order valence-corrected chi connectivity index (χ3v) is 2.28. The highest BCUT2D eigenvalue weighted by Crippen LogP contribution is 2.26. The van der Waals surface area contributed by atoms with Crippen LogP contribution < -0.4 is 15.2 Å². The SMILES string of the molecule is COc1cc(OC)cc([C@H](N)[C@H](C)O)c1. The molecule has 0 aromatic heterocycles. The Bertz CT molecular complexity index is 303. The van der Waals surface area contributed by atoms with Crippen LogP contribution in [0, 0.1) is 0 Å². The fraction of sp³-hybridized carbons (Fsp3) is 0.455. The molecule has 0 aliphatic carbocycles. The molecule has 0 bridgehead atoms. The lowest BCUT2D eigenvalue weighted by molar-refractivity contribution is 0.164. The maximum absolute atomic E-state index is 9.39. The number of hydrogen-bond acceptors (Lipinski definition) is 4. The van der Waals surface area contributed by atoms with E-state index in [0.717, 1.165) is 5.56 Å². The predicted molar refractivity (Wildman–Crippen MR) is 58.2 cm³/mol. The summed E-state index contributed by atoms with van der Waals surface area (Å²) in [5, 5.41) is 9.39. The van der Waals surface area contributed by atoms with Gasteiger partial charge in [-0.05, 0) is 24.6 Å². The van der Waals surface area contributed by atoms with Gasteiger partial charge in [-0.3, -0.25) is 0 Å². The first-order valence-corrected chi connectivity index (χ1v) is 4.75. The van der Waals surface area contributed by atoms with E-state index in [1.165, 1.54) is 0 Å². The smallest absolute Gasteiger partial charge is 0.122 e. The van der Waals surface area contributed by atoms with E-state index in [2.05, 4.69) is 0 Å². The first-order chi connectivity index (χ1) is 7.08. The highest BCUT2D eigenvalue weighted by molar-refractivity contribution is 5.40. The van der Waals surface area contributed by atoms with E-state index in [1.54, 1.807) is 39.3 Å². The lowest BCUT2D eigenvalue weighted by atomic mass is 10.0. The minimum Gasteiger partial charge on any atom is -0.497 e. The van der Waals surface area contributed by atoms with E-state index in [0.29, 0.717) is 11.5 Å². The Morgan fingerprint density at radius 1 is 1.13 bits per heavy atom. The average Bonchev–Trinajstić information content (AvgIpc) is 2.27. The van der Waals surface area contributed by atoms with Crippen LogP contribution in [-0.2, 0) is 0 Å². The molecule has 15 heavy (non-hydrogen) atoms. The zero-order valence-corrected chi connectivity index (χ0v) is 9.23. The second-order valence-corrected chi connectivity index (χ2v) is 3.41. The summed E-state index contributed by atoms with van der Waals surface area (Å²) in [4.78, 5) is 0. The van der Waals surface area contributed by atoms with Crippen molar-refractivity contribution in [2.45, 2.75) is 19.1 Å². The largest absolute Gasteiger partial charge is 0.497 e. The molecular formula is C11H17NO3. The topological polar surface area (TPSA) is 64.7 Å². The normalized spacial score (nSPS) is 14.5. The molecule has 0 radical (unpaired) electrons. The molecule has 0 saturated carbocycles. The van der Waals surface area contributed by atoms with Gasteiger partial charge in [-0.2, -0.15) is 0 Å². The Morgan fingerprint density at radius 3 is 1.93 bits per heavy atom. The second kappa shape index (κ2) is 5.00. The third-order valence-electron chi connectivity index (χ3n) is 2.28. The number of hydrogen-bond donors (Lipinski definition) is 2. The van der Waals surface area contributed by atoms with Gasteiger partial charge in [0, 0.05) is 6.07 Å². The zero-order chi connectivity index (χ0) is 11.4. The van der Waals surface area contributed by atoms with Gasteiger partial charge in [-0.15, -0.1) is 0 Å². The minimum atomic E-state index is -0.609. The van der Waals surface area contributed by atoms with Gasteiger partial charge in [0.2, 0.25) is 0 Å². The number of aliphatic hydroxyl groups excluding tert-OH is 1. The molecule has 3 N–H and O–H groups in total. The molecule has 0 fully saturated rings. The van der Waals surface area contributed by atoms with E-state index in [4.69, 9.17) is 15.2 Å². The van der Waals surface area contributed by atoms with Crippen molar-refractivity contribution in [3.8, 4) is 11.5 Å². The zero-order valence-electron chi connectivity index (χ0n) is 9.23. The van der Waals surface area contributed by atoms with Crippen LogP contribution in [0.3, 0.4) is 0 Å². The minimum absolute atomic E-state index is 0.436. The van der Waals surface area contributed by atoms with Crippen molar-refractivity contribution in [3.05, 3.63) is 23.8 Å². The number of benzene rings is 1. The number of ether oxygens (including phenoxy) is 2. The molecule has 0 aliphatic heterocycles. The van der Waals surface area contributed by atoms with Gasteiger partial charge in [-0.25, -0.2) is 0 Å². The summed E-state index contributed by atoms with van der Waals surface area (Å²) in [6, 6.07) is 4.91. The van der Waals surface area contributed by atoms with Gasteiger partial charge in [0.05, 0.1) is 26.4 Å². The molecule has 84 valence electrons. The quantitative estimate of drug-likeness (QED) is 0.782. The maximum atomic E-state index is 9.39. The van der Waals surface area contributed by atoms with Crippen molar-refractivity contribution in [1.82, 2.24) is 0 Å². The van der Waals surface area contributed by atoms with Gasteiger partial charge < -0.3 is 20.3 Å². The molecule has 1 rings (SSSR count). The molecule has 1 aromatic rings. The first-order valence-electron chi connectivity index (χ1n) is 4.75. The molecule has 0 saturated heterocycles. The average molecular weight is 211 g/mol. The Balaban J connectivity index is 3.06. The van der Waals surface area contributed by atoms with Crippen molar-refractivity contribution >= 4 is 0 Å². The summed E-state index contributed by atoms with van der Waals surface area (Å²) < 4.78 is 10.2. The van der Waals surface area contributed by atoms with Crippen LogP contribution in [0.2, 0.25) is 0 Å². The third kappa shape index (κ3) is 2.84. The molecule has 0 amide bonds. The lowest BCUT2D eigenvalue weighted by Gasteiger charge is -2.16. The van der Waals surface area contributed by atoms with E-state index < -0.39 is 12.1 Å². The van der Waals surface area contributed by atoms with E-state index in [-0.39, 0.29) is 0 Å². The van der Waals surface area contributed by atoms with Crippen molar-refractivity contribution in [2.75, 3.05) is 14.2 Å². The van der Waals surface area contributed by atoms with Gasteiger partial charge in [0.1, 0.15) is 11.5 Å². The first kappa shape index (κ1) is 11.8. The molecule has 0 heterocycles.